The van der Waals surface area contributed by atoms with E-state index < -0.39 is 0 Å². The molecule has 0 aromatic heterocycles. The van der Waals surface area contributed by atoms with Crippen LogP contribution in [0.4, 0.5) is 0 Å². The fourth-order valence-electron chi connectivity index (χ4n) is 3.22. The van der Waals surface area contributed by atoms with Crippen molar-refractivity contribution in [2.24, 2.45) is 5.73 Å². The summed E-state index contributed by atoms with van der Waals surface area (Å²) in [6.07, 6.45) is 1.98. The van der Waals surface area contributed by atoms with E-state index in [9.17, 15) is 4.79 Å². The molecule has 0 aliphatic carbocycles. The van der Waals surface area contributed by atoms with Gasteiger partial charge in [-0.2, -0.15) is 0 Å². The van der Waals surface area contributed by atoms with Crippen LogP contribution in [0.25, 0.3) is 0 Å². The van der Waals surface area contributed by atoms with E-state index in [1.807, 2.05) is 36.4 Å². The van der Waals surface area contributed by atoms with Crippen LogP contribution in [0, 0.1) is 0 Å². The summed E-state index contributed by atoms with van der Waals surface area (Å²) in [4.78, 5) is 13.1. The fraction of sp³-hybridized carbons (Fsp3) is 0.350. The Bertz CT molecular complexity index is 598. The number of nitrogens with zero attached hydrogens (tertiary/aromatic N) is 1. The molecule has 2 N–H and O–H groups in total. The standard InChI is InChI=1S/C20H24N2O2/c21-19(23)15-22-13-11-18(12-14-22)24-20(16-7-3-1-4-8-16)17-9-5-2-6-10-17/h1-10,18,20H,11-15H2,(H2,21,23). The van der Waals surface area contributed by atoms with Gasteiger partial charge in [-0.05, 0) is 24.0 Å². The van der Waals surface area contributed by atoms with Crippen molar-refractivity contribution >= 4 is 5.91 Å². The normalized spacial score (nSPS) is 16.4. The number of primary amides is 1. The summed E-state index contributed by atoms with van der Waals surface area (Å²) in [6.45, 7) is 2.04. The third kappa shape index (κ3) is 4.43. The zero-order valence-corrected chi connectivity index (χ0v) is 13.8. The molecule has 1 amide bonds. The van der Waals surface area contributed by atoms with Crippen molar-refractivity contribution in [1.29, 1.82) is 0 Å². The Morgan fingerprint density at radius 1 is 1.00 bits per heavy atom. The summed E-state index contributed by atoms with van der Waals surface area (Å²) in [5.41, 5.74) is 7.62. The summed E-state index contributed by atoms with van der Waals surface area (Å²) in [5, 5.41) is 0. The van der Waals surface area contributed by atoms with Crippen LogP contribution >= 0.6 is 0 Å². The average molecular weight is 324 g/mol. The second-order valence-corrected chi connectivity index (χ2v) is 6.28. The highest BCUT2D eigenvalue weighted by Crippen LogP contribution is 2.29. The lowest BCUT2D eigenvalue weighted by Crippen LogP contribution is -2.41. The minimum absolute atomic E-state index is 0.0555. The van der Waals surface area contributed by atoms with Gasteiger partial charge in [0.25, 0.3) is 0 Å². The fourth-order valence-corrected chi connectivity index (χ4v) is 3.22. The van der Waals surface area contributed by atoms with E-state index in [4.69, 9.17) is 10.5 Å². The molecule has 1 aliphatic heterocycles. The number of nitrogens with two attached hydrogens (primary N) is 1. The molecule has 4 heteroatoms. The summed E-state index contributed by atoms with van der Waals surface area (Å²) in [6, 6.07) is 20.7. The van der Waals surface area contributed by atoms with Crippen LogP contribution in [0.1, 0.15) is 30.1 Å². The van der Waals surface area contributed by atoms with E-state index in [0.717, 1.165) is 25.9 Å². The van der Waals surface area contributed by atoms with Gasteiger partial charge in [-0.3, -0.25) is 9.69 Å². The minimum atomic E-state index is -0.263. The molecule has 0 bridgehead atoms. The first-order valence-corrected chi connectivity index (χ1v) is 8.48. The lowest BCUT2D eigenvalue weighted by molar-refractivity contribution is -0.120. The van der Waals surface area contributed by atoms with E-state index in [2.05, 4.69) is 29.2 Å². The SMILES string of the molecule is NC(=O)CN1CCC(OC(c2ccccc2)c2ccccc2)CC1. The van der Waals surface area contributed by atoms with Crippen molar-refractivity contribution in [2.75, 3.05) is 19.6 Å². The van der Waals surface area contributed by atoms with Gasteiger partial charge in [-0.1, -0.05) is 60.7 Å². The number of hydrogen-bond donors (Lipinski definition) is 1. The van der Waals surface area contributed by atoms with E-state index in [0.29, 0.717) is 6.54 Å². The van der Waals surface area contributed by atoms with Gasteiger partial charge in [0.05, 0.1) is 12.6 Å². The quantitative estimate of drug-likeness (QED) is 0.889. The van der Waals surface area contributed by atoms with E-state index in [-0.39, 0.29) is 18.1 Å². The summed E-state index contributed by atoms with van der Waals surface area (Å²) in [7, 11) is 0. The molecule has 4 nitrogen and oxygen atoms in total. The monoisotopic (exact) mass is 324 g/mol. The summed E-state index contributed by atoms with van der Waals surface area (Å²) >= 11 is 0. The predicted molar refractivity (Wildman–Crippen MR) is 94.5 cm³/mol. The molecule has 0 spiro atoms. The number of likely N-dealkylation sites (tertiary alicyclic amines) is 1. The number of hydrogen-bond acceptors (Lipinski definition) is 3. The number of carbonyl (C=O) groups is 1. The van der Waals surface area contributed by atoms with Crippen LogP contribution in [0.3, 0.4) is 0 Å². The average Bonchev–Trinajstić information content (AvgIpc) is 2.62. The molecule has 126 valence electrons. The number of benzene rings is 2. The number of ether oxygens (including phenoxy) is 1. The van der Waals surface area contributed by atoms with Gasteiger partial charge in [0.15, 0.2) is 0 Å². The Labute approximate surface area is 143 Å². The Hall–Kier alpha value is -2.17. The molecule has 1 fully saturated rings. The topological polar surface area (TPSA) is 55.6 Å². The molecule has 24 heavy (non-hydrogen) atoms. The predicted octanol–water partition coefficient (Wildman–Crippen LogP) is 2.74. The van der Waals surface area contributed by atoms with Crippen molar-refractivity contribution in [1.82, 2.24) is 4.90 Å². The molecule has 0 radical (unpaired) electrons. The van der Waals surface area contributed by atoms with E-state index in [1.54, 1.807) is 0 Å². The van der Waals surface area contributed by atoms with Gasteiger partial charge in [-0.15, -0.1) is 0 Å². The molecule has 0 atom stereocenters. The maximum absolute atomic E-state index is 11.0. The molecule has 1 aliphatic rings. The highest BCUT2D eigenvalue weighted by molar-refractivity contribution is 5.75. The molecule has 1 saturated heterocycles. The summed E-state index contributed by atoms with van der Waals surface area (Å²) in [5.74, 6) is -0.263. The van der Waals surface area contributed by atoms with Gasteiger partial charge < -0.3 is 10.5 Å². The first-order chi connectivity index (χ1) is 11.7. The maximum Gasteiger partial charge on any atom is 0.231 e. The van der Waals surface area contributed by atoms with Crippen molar-refractivity contribution in [3.63, 3.8) is 0 Å². The zero-order chi connectivity index (χ0) is 16.8. The second-order valence-electron chi connectivity index (χ2n) is 6.28. The number of carbonyl (C=O) groups excluding carboxylic acids is 1. The second kappa shape index (κ2) is 8.08. The minimum Gasteiger partial charge on any atom is -0.369 e. The van der Waals surface area contributed by atoms with Crippen molar-refractivity contribution < 1.29 is 9.53 Å². The number of rotatable bonds is 6. The molecule has 0 unspecified atom stereocenters. The van der Waals surface area contributed by atoms with Crippen molar-refractivity contribution in [3.8, 4) is 0 Å². The van der Waals surface area contributed by atoms with Gasteiger partial charge in [0.1, 0.15) is 6.10 Å². The lowest BCUT2D eigenvalue weighted by Gasteiger charge is -2.33. The molecule has 2 aromatic carbocycles. The third-order valence-corrected chi connectivity index (χ3v) is 4.45. The maximum atomic E-state index is 11.0. The van der Waals surface area contributed by atoms with Crippen LogP contribution in [0.5, 0.6) is 0 Å². The smallest absolute Gasteiger partial charge is 0.231 e. The van der Waals surface area contributed by atoms with Crippen molar-refractivity contribution in [2.45, 2.75) is 25.0 Å². The first kappa shape index (κ1) is 16.7. The Morgan fingerprint density at radius 3 is 1.96 bits per heavy atom. The Kier molecular flexibility index (Phi) is 5.62. The van der Waals surface area contributed by atoms with Gasteiger partial charge in [-0.25, -0.2) is 0 Å². The Balaban J connectivity index is 1.69. The van der Waals surface area contributed by atoms with Gasteiger partial charge in [0, 0.05) is 13.1 Å². The molecule has 0 saturated carbocycles. The molecule has 3 rings (SSSR count). The number of piperidine rings is 1. The van der Waals surface area contributed by atoms with Crippen LogP contribution < -0.4 is 5.73 Å². The van der Waals surface area contributed by atoms with Crippen LogP contribution in [-0.2, 0) is 9.53 Å². The van der Waals surface area contributed by atoms with Crippen LogP contribution in [-0.4, -0.2) is 36.5 Å². The van der Waals surface area contributed by atoms with E-state index >= 15 is 0 Å². The molecule has 1 heterocycles. The van der Waals surface area contributed by atoms with E-state index in [1.165, 1.54) is 11.1 Å². The zero-order valence-electron chi connectivity index (χ0n) is 13.8. The Morgan fingerprint density at radius 2 is 1.50 bits per heavy atom. The van der Waals surface area contributed by atoms with Crippen molar-refractivity contribution in [3.05, 3.63) is 71.8 Å². The lowest BCUT2D eigenvalue weighted by atomic mass is 10.00. The van der Waals surface area contributed by atoms with Crippen LogP contribution in [0.15, 0.2) is 60.7 Å². The number of amides is 1. The molecule has 2 aromatic rings. The highest BCUT2D eigenvalue weighted by atomic mass is 16.5. The first-order valence-electron chi connectivity index (χ1n) is 8.48. The van der Waals surface area contributed by atoms with Crippen LogP contribution in [0.2, 0.25) is 0 Å². The molecular formula is C20H24N2O2. The summed E-state index contributed by atoms with van der Waals surface area (Å²) < 4.78 is 6.47. The van der Waals surface area contributed by atoms with Gasteiger partial charge >= 0.3 is 0 Å². The largest absolute Gasteiger partial charge is 0.369 e. The molecular weight excluding hydrogens is 300 g/mol. The third-order valence-electron chi connectivity index (χ3n) is 4.45. The van der Waals surface area contributed by atoms with Gasteiger partial charge in [0.2, 0.25) is 5.91 Å². The highest BCUT2D eigenvalue weighted by Gasteiger charge is 2.25.